The van der Waals surface area contributed by atoms with E-state index in [4.69, 9.17) is 24.7 Å². The lowest BCUT2D eigenvalue weighted by atomic mass is 9.82. The number of carbonyl (C=O) groups is 2. The summed E-state index contributed by atoms with van der Waals surface area (Å²) in [6.07, 6.45) is 3.46. The van der Waals surface area contributed by atoms with Gasteiger partial charge in [-0.05, 0) is 33.1 Å². The van der Waals surface area contributed by atoms with Crippen molar-refractivity contribution in [3.05, 3.63) is 85.1 Å². The van der Waals surface area contributed by atoms with Gasteiger partial charge in [-0.15, -0.1) is 0 Å². The minimum Gasteiger partial charge on any atom is -0.481 e. The van der Waals surface area contributed by atoms with Crippen LogP contribution in [0.4, 0.5) is 0 Å². The Bertz CT molecular complexity index is 1670. The van der Waals surface area contributed by atoms with Crippen LogP contribution in [0.1, 0.15) is 79.1 Å². The number of nitrogens with two attached hydrogens (primary N) is 1. The number of hydrogen-bond acceptors (Lipinski definition) is 17. The zero-order valence-electron chi connectivity index (χ0n) is 37.6. The van der Waals surface area contributed by atoms with Gasteiger partial charge >= 0.3 is 11.9 Å². The first kappa shape index (κ1) is 55.9. The van der Waals surface area contributed by atoms with E-state index >= 15 is 0 Å². The zero-order valence-corrected chi connectivity index (χ0v) is 37.6. The molecule has 18 heteroatoms. The lowest BCUT2D eigenvalue weighted by molar-refractivity contribution is -0.308. The van der Waals surface area contributed by atoms with Crippen LogP contribution in [-0.2, 0) is 28.5 Å². The van der Waals surface area contributed by atoms with Gasteiger partial charge in [-0.25, -0.2) is 0 Å². The van der Waals surface area contributed by atoms with E-state index in [-0.39, 0.29) is 31.6 Å². The summed E-state index contributed by atoms with van der Waals surface area (Å²) in [6.45, 7) is 6.74. The third-order valence-electron chi connectivity index (χ3n) is 12.0. The number of carboxylic acids is 1. The second-order valence-corrected chi connectivity index (χ2v) is 17.6. The number of esters is 1. The summed E-state index contributed by atoms with van der Waals surface area (Å²) in [5, 5.41) is 118. The smallest absolute Gasteiger partial charge is 0.311 e. The molecule has 18 nitrogen and oxygen atoms in total. The molecular formula is C47H73NO17. The topological polar surface area (TPSA) is 320 Å². The van der Waals surface area contributed by atoms with E-state index in [1.165, 1.54) is 13.0 Å². The lowest BCUT2D eigenvalue weighted by Crippen LogP contribution is -2.61. The molecule has 2 fully saturated rings. The first-order valence-electron chi connectivity index (χ1n) is 22.3. The molecule has 65 heavy (non-hydrogen) atoms. The van der Waals surface area contributed by atoms with Crippen LogP contribution < -0.4 is 5.73 Å². The molecule has 0 aromatic heterocycles. The molecule has 3 rings (SSSR count). The van der Waals surface area contributed by atoms with Crippen molar-refractivity contribution in [1.29, 1.82) is 0 Å². The van der Waals surface area contributed by atoms with Crippen molar-refractivity contribution < 1.29 is 84.7 Å². The molecule has 0 spiro atoms. The number of fused-ring (bicyclic) bond motifs is 2. The molecule has 3 aliphatic rings. The van der Waals surface area contributed by atoms with Crippen LogP contribution in [0.15, 0.2) is 85.1 Å². The zero-order chi connectivity index (χ0) is 48.4. The van der Waals surface area contributed by atoms with E-state index in [1.54, 1.807) is 80.7 Å². The van der Waals surface area contributed by atoms with Gasteiger partial charge in [-0.2, -0.15) is 0 Å². The van der Waals surface area contributed by atoms with Crippen molar-refractivity contribution in [3.63, 3.8) is 0 Å². The van der Waals surface area contributed by atoms with Crippen molar-refractivity contribution >= 4 is 11.9 Å². The van der Waals surface area contributed by atoms with Gasteiger partial charge in [0.1, 0.15) is 18.1 Å². The number of rotatable bonds is 3. The number of aliphatic carboxylic acids is 1. The maximum Gasteiger partial charge on any atom is 0.311 e. The van der Waals surface area contributed by atoms with Gasteiger partial charge in [-0.3, -0.25) is 9.59 Å². The number of allylic oxidation sites excluding steroid dienone is 12. The molecule has 3 heterocycles. The van der Waals surface area contributed by atoms with Crippen molar-refractivity contribution in [3.8, 4) is 0 Å². The van der Waals surface area contributed by atoms with Crippen LogP contribution in [0.25, 0.3) is 0 Å². The van der Waals surface area contributed by atoms with Crippen molar-refractivity contribution in [2.45, 2.75) is 177 Å². The SMILES string of the molecule is C[C@@H]1[C@H](O)[C@@H](C)/C=C/C=C/C=C/C=C/C=C/C=C/C=C/[C@H](O[C@H]2O[C@@H](C)[C@H](O)[C@@H](N)[C@@H]2O)C[C@H]2O[C@@](O)(C[C@@H](O)C[C@@H](O)[C@@H](O)CC[C@@H](O)C[C@@H](O)CC(=O)O[C@H]1C)C[C@H](O)[C@@H]2C(=O)O. The molecular weight excluding hydrogens is 851 g/mol. The number of carbonyl (C=O) groups excluding carboxylic acids is 1. The van der Waals surface area contributed by atoms with E-state index < -0.39 is 147 Å². The van der Waals surface area contributed by atoms with Crippen LogP contribution in [0.5, 0.6) is 0 Å². The molecule has 0 unspecified atom stereocenters. The predicted molar refractivity (Wildman–Crippen MR) is 237 cm³/mol. The number of aliphatic hydroxyl groups is 10. The summed E-state index contributed by atoms with van der Waals surface area (Å²) in [5.41, 5.74) is 6.02. The Morgan fingerprint density at radius 1 is 0.662 bits per heavy atom. The highest BCUT2D eigenvalue weighted by Gasteiger charge is 2.51. The van der Waals surface area contributed by atoms with Gasteiger partial charge in [0.05, 0.1) is 79.6 Å². The lowest BCUT2D eigenvalue weighted by Gasteiger charge is -2.45. The van der Waals surface area contributed by atoms with Crippen LogP contribution in [-0.4, -0.2) is 166 Å². The summed E-state index contributed by atoms with van der Waals surface area (Å²) in [4.78, 5) is 25.1. The molecule has 368 valence electrons. The van der Waals surface area contributed by atoms with Gasteiger partial charge in [0.25, 0.3) is 0 Å². The maximum absolute atomic E-state index is 12.6. The van der Waals surface area contributed by atoms with E-state index in [0.717, 1.165) is 0 Å². The maximum atomic E-state index is 12.6. The Labute approximate surface area is 381 Å². The number of hydrogen-bond donors (Lipinski definition) is 12. The minimum atomic E-state index is -2.33. The Balaban J connectivity index is 1.86. The Morgan fingerprint density at radius 3 is 1.82 bits per heavy atom. The minimum absolute atomic E-state index is 0.107. The molecule has 3 aliphatic heterocycles. The number of ether oxygens (including phenoxy) is 4. The quantitative estimate of drug-likeness (QED) is 0.174. The molecule has 13 N–H and O–H groups in total. The Kier molecular flexibility index (Phi) is 23.6. The molecule has 0 aliphatic carbocycles. The predicted octanol–water partition coefficient (Wildman–Crippen LogP) is 0.712. The fourth-order valence-electron chi connectivity index (χ4n) is 7.97. The Morgan fingerprint density at radius 2 is 1.23 bits per heavy atom. The normalized spacial score (nSPS) is 45.5. The van der Waals surface area contributed by atoms with E-state index in [1.807, 2.05) is 19.1 Å². The molecule has 0 saturated carbocycles. The van der Waals surface area contributed by atoms with Crippen molar-refractivity contribution in [2.75, 3.05) is 0 Å². The number of aliphatic hydroxyl groups excluding tert-OH is 9. The summed E-state index contributed by atoms with van der Waals surface area (Å²) >= 11 is 0. The fraction of sp³-hybridized carbons (Fsp3) is 0.660. The highest BCUT2D eigenvalue weighted by atomic mass is 16.7. The molecule has 19 atom stereocenters. The van der Waals surface area contributed by atoms with Crippen LogP contribution in [0.3, 0.4) is 0 Å². The second kappa shape index (κ2) is 27.4. The van der Waals surface area contributed by atoms with Crippen LogP contribution >= 0.6 is 0 Å². The summed E-state index contributed by atoms with van der Waals surface area (Å²) < 4.78 is 23.1. The fourth-order valence-corrected chi connectivity index (χ4v) is 7.97. The summed E-state index contributed by atoms with van der Waals surface area (Å²) in [6, 6.07) is -1.15. The monoisotopic (exact) mass is 923 g/mol. The van der Waals surface area contributed by atoms with Gasteiger partial charge < -0.3 is 80.9 Å². The van der Waals surface area contributed by atoms with E-state index in [0.29, 0.717) is 0 Å². The van der Waals surface area contributed by atoms with E-state index in [9.17, 15) is 65.8 Å². The average molecular weight is 924 g/mol. The van der Waals surface area contributed by atoms with Crippen LogP contribution in [0, 0.1) is 17.8 Å². The van der Waals surface area contributed by atoms with Crippen LogP contribution in [0.2, 0.25) is 0 Å². The largest absolute Gasteiger partial charge is 0.481 e. The third kappa shape index (κ3) is 18.6. The van der Waals surface area contributed by atoms with Crippen molar-refractivity contribution in [2.24, 2.45) is 23.5 Å². The standard InChI is InChI=1S/C47H73NO17/c1-27-17-15-13-11-9-7-5-6-8-10-12-14-16-18-34(64-46-44(58)41(48)43(57)30(4)63-46)24-38-40(45(59)60)37(54)26-47(61,65-38)25-33(51)22-36(53)35(52)20-19-31(49)21-32(50)23-39(55)62-29(3)28(2)42(27)56/h5-18,27-38,40-44,46,49-54,56-58,61H,19-26,48H2,1-4H3,(H,59,60)/b6-5+,9-7+,10-8+,13-11+,14-12+,17-15+,18-16+/t27-,28-,29-,30-,31+,32+,33-,34-,35-,36+,37-,38+,40-,41+,42+,43-,44-,46+,47-/m0/s1. The first-order valence-corrected chi connectivity index (χ1v) is 22.3. The molecule has 0 aromatic rings. The number of cyclic esters (lactones) is 1. The summed E-state index contributed by atoms with van der Waals surface area (Å²) in [7, 11) is 0. The van der Waals surface area contributed by atoms with Gasteiger partial charge in [0.15, 0.2) is 12.1 Å². The van der Waals surface area contributed by atoms with Gasteiger partial charge in [0, 0.05) is 37.5 Å². The third-order valence-corrected chi connectivity index (χ3v) is 12.0. The molecule has 0 aromatic carbocycles. The van der Waals surface area contributed by atoms with E-state index in [2.05, 4.69) is 0 Å². The van der Waals surface area contributed by atoms with Gasteiger partial charge in [-0.1, -0.05) is 98.9 Å². The first-order chi connectivity index (χ1) is 30.6. The van der Waals surface area contributed by atoms with Crippen molar-refractivity contribution in [1.82, 2.24) is 0 Å². The molecule has 0 radical (unpaired) electrons. The summed E-state index contributed by atoms with van der Waals surface area (Å²) in [5.74, 6) is -6.83. The molecule has 0 amide bonds. The highest BCUT2D eigenvalue weighted by Crippen LogP contribution is 2.38. The number of carboxylic acid groups (broad SMARTS) is 1. The molecule has 2 saturated heterocycles. The second-order valence-electron chi connectivity index (χ2n) is 17.6. The average Bonchev–Trinajstić information content (AvgIpc) is 3.21. The highest BCUT2D eigenvalue weighted by molar-refractivity contribution is 5.71. The van der Waals surface area contributed by atoms with Gasteiger partial charge in [0.2, 0.25) is 0 Å². The Hall–Kier alpha value is -3.44. The molecule has 2 bridgehead atoms.